The summed E-state index contributed by atoms with van der Waals surface area (Å²) in [6, 6.07) is -2.13. The normalized spacial score (nSPS) is 26.6. The van der Waals surface area contributed by atoms with Crippen molar-refractivity contribution in [1.29, 1.82) is 0 Å². The van der Waals surface area contributed by atoms with Crippen molar-refractivity contribution >= 4 is 41.1 Å². The maximum absolute atomic E-state index is 12.9. The zero-order valence-electron chi connectivity index (χ0n) is 14.2. The lowest BCUT2D eigenvalue weighted by atomic mass is 9.96. The number of alkyl halides is 3. The van der Waals surface area contributed by atoms with Gasteiger partial charge in [-0.2, -0.15) is 18.3 Å². The van der Waals surface area contributed by atoms with Crippen LogP contribution in [0, 0.1) is 0 Å². The average molecular weight is 427 g/mol. The number of amides is 2. The molecular formula is C14H14ClF3N4O4S. The van der Waals surface area contributed by atoms with Gasteiger partial charge in [-0.1, -0.05) is 11.6 Å². The molecule has 1 aromatic rings. The Morgan fingerprint density at radius 3 is 2.44 bits per heavy atom. The van der Waals surface area contributed by atoms with E-state index in [9.17, 15) is 32.7 Å². The van der Waals surface area contributed by atoms with E-state index in [4.69, 9.17) is 11.6 Å². The molecule has 2 fully saturated rings. The molecule has 0 aliphatic carbocycles. The molecule has 0 radical (unpaired) electrons. The number of halogens is 4. The van der Waals surface area contributed by atoms with Crippen molar-refractivity contribution < 1.29 is 32.7 Å². The molecular weight excluding hydrogens is 413 g/mol. The lowest BCUT2D eigenvalue weighted by molar-refractivity contribution is -0.159. The molecule has 148 valence electrons. The van der Waals surface area contributed by atoms with Crippen molar-refractivity contribution in [3.8, 4) is 0 Å². The predicted molar refractivity (Wildman–Crippen MR) is 88.2 cm³/mol. The molecule has 8 nitrogen and oxygen atoms in total. The Labute approximate surface area is 160 Å². The molecule has 3 heterocycles. The minimum Gasteiger partial charge on any atom is -0.480 e. The number of rotatable bonds is 3. The van der Waals surface area contributed by atoms with E-state index in [1.165, 1.54) is 11.8 Å². The number of nitrogens with one attached hydrogen (secondary N) is 1. The summed E-state index contributed by atoms with van der Waals surface area (Å²) in [5.41, 5.74) is -1.94. The van der Waals surface area contributed by atoms with Crippen LogP contribution in [0.5, 0.6) is 0 Å². The van der Waals surface area contributed by atoms with E-state index in [-0.39, 0.29) is 0 Å². The lowest BCUT2D eigenvalue weighted by Gasteiger charge is -2.43. The highest BCUT2D eigenvalue weighted by Gasteiger charge is 2.64. The Bertz CT molecular complexity index is 856. The van der Waals surface area contributed by atoms with E-state index < -0.39 is 62.6 Å². The minimum absolute atomic E-state index is 0.535. The number of thioether (sulfide) groups is 1. The Hall–Kier alpha value is -1.95. The molecule has 1 aromatic heterocycles. The first-order valence-electron chi connectivity index (χ1n) is 7.60. The second kappa shape index (κ2) is 6.03. The molecule has 0 spiro atoms. The van der Waals surface area contributed by atoms with Crippen LogP contribution in [0.15, 0.2) is 0 Å². The number of carboxylic acid groups (broad SMARTS) is 1. The number of hydrogen-bond acceptors (Lipinski definition) is 5. The highest BCUT2D eigenvalue weighted by molar-refractivity contribution is 8.01. The number of fused-ring (bicyclic) bond motifs is 1. The topological polar surface area (TPSA) is 105 Å². The van der Waals surface area contributed by atoms with Crippen molar-refractivity contribution in [2.75, 3.05) is 0 Å². The summed E-state index contributed by atoms with van der Waals surface area (Å²) in [6.45, 7) is 3.32. The molecule has 2 saturated heterocycles. The van der Waals surface area contributed by atoms with Gasteiger partial charge in [-0.05, 0) is 13.8 Å². The monoisotopic (exact) mass is 426 g/mol. The zero-order valence-corrected chi connectivity index (χ0v) is 15.7. The largest absolute Gasteiger partial charge is 0.480 e. The summed E-state index contributed by atoms with van der Waals surface area (Å²) >= 11 is 6.86. The van der Waals surface area contributed by atoms with E-state index in [2.05, 4.69) is 10.4 Å². The van der Waals surface area contributed by atoms with Gasteiger partial charge in [0.2, 0.25) is 5.91 Å². The van der Waals surface area contributed by atoms with Crippen LogP contribution in [0.3, 0.4) is 0 Å². The summed E-state index contributed by atoms with van der Waals surface area (Å²) in [5.74, 6) is -2.79. The van der Waals surface area contributed by atoms with Crippen LogP contribution in [0.25, 0.3) is 0 Å². The van der Waals surface area contributed by atoms with Crippen molar-refractivity contribution in [2.24, 2.45) is 7.05 Å². The summed E-state index contributed by atoms with van der Waals surface area (Å²) in [6.07, 6.45) is -4.84. The average Bonchev–Trinajstić information content (AvgIpc) is 2.95. The number of carbonyl (C=O) groups excluding carboxylic acids is 2. The number of aryl methyl sites for hydroxylation is 1. The standard InChI is InChI=1S/C14H14ClF3N4O4S/c1-13(2)8(12(25)26)22-10(24)5(11(22)27-13)19-9(23)6-4(15)7(14(16,17)18)20-21(6)3/h5,8,11H,1-3H3,(H,19,23)(H,25,26)/t5-,8+,11+/m1/s1. The van der Waals surface area contributed by atoms with Crippen LogP contribution in [-0.2, 0) is 22.8 Å². The third-order valence-electron chi connectivity index (χ3n) is 4.43. The van der Waals surface area contributed by atoms with E-state index in [0.29, 0.717) is 4.68 Å². The molecule has 27 heavy (non-hydrogen) atoms. The number of β-lactam (4-membered cyclic amide) rings is 1. The number of carbonyl (C=O) groups is 3. The third-order valence-corrected chi connectivity index (χ3v) is 6.36. The summed E-state index contributed by atoms with van der Waals surface area (Å²) in [5, 5.41) is 13.4. The Morgan fingerprint density at radius 1 is 1.37 bits per heavy atom. The fraction of sp³-hybridized carbons (Fsp3) is 0.571. The number of hydrogen-bond donors (Lipinski definition) is 2. The molecule has 3 atom stereocenters. The smallest absolute Gasteiger partial charge is 0.436 e. The Morgan fingerprint density at radius 2 is 1.96 bits per heavy atom. The summed E-state index contributed by atoms with van der Waals surface area (Å²) < 4.78 is 38.5. The molecule has 2 N–H and O–H groups in total. The van der Waals surface area contributed by atoms with Gasteiger partial charge in [0.15, 0.2) is 5.69 Å². The summed E-state index contributed by atoms with van der Waals surface area (Å²) in [4.78, 5) is 37.4. The van der Waals surface area contributed by atoms with Crippen LogP contribution in [-0.4, -0.2) is 59.8 Å². The van der Waals surface area contributed by atoms with E-state index in [1.807, 2.05) is 0 Å². The van der Waals surface area contributed by atoms with Crippen molar-refractivity contribution in [1.82, 2.24) is 20.0 Å². The highest BCUT2D eigenvalue weighted by Crippen LogP contribution is 2.50. The number of aromatic nitrogens is 2. The molecule has 2 amide bonds. The lowest BCUT2D eigenvalue weighted by Crippen LogP contribution is -2.70. The third kappa shape index (κ3) is 2.94. The molecule has 0 bridgehead atoms. The van der Waals surface area contributed by atoms with Gasteiger partial charge >= 0.3 is 12.1 Å². The fourth-order valence-electron chi connectivity index (χ4n) is 3.28. The molecule has 0 aromatic carbocycles. The highest BCUT2D eigenvalue weighted by atomic mass is 35.5. The quantitative estimate of drug-likeness (QED) is 0.707. The molecule has 0 saturated carbocycles. The van der Waals surface area contributed by atoms with Crippen LogP contribution >= 0.6 is 23.4 Å². The van der Waals surface area contributed by atoms with E-state index >= 15 is 0 Å². The van der Waals surface area contributed by atoms with Crippen molar-refractivity contribution in [3.05, 3.63) is 16.4 Å². The van der Waals surface area contributed by atoms with Gasteiger partial charge in [-0.25, -0.2) is 4.79 Å². The van der Waals surface area contributed by atoms with Crippen LogP contribution < -0.4 is 5.32 Å². The number of aliphatic carboxylic acids is 1. The SMILES string of the molecule is Cn1nc(C(F)(F)F)c(Cl)c1C(=O)N[C@@H]1C(=O)N2[C@@H](C(=O)O)C(C)(C)S[C@@H]12. The first kappa shape index (κ1) is 19.8. The first-order valence-corrected chi connectivity index (χ1v) is 8.86. The van der Waals surface area contributed by atoms with E-state index in [1.54, 1.807) is 13.8 Å². The first-order chi connectivity index (χ1) is 12.3. The van der Waals surface area contributed by atoms with Crippen LogP contribution in [0.4, 0.5) is 13.2 Å². The van der Waals surface area contributed by atoms with E-state index in [0.717, 1.165) is 11.9 Å². The van der Waals surface area contributed by atoms with Gasteiger partial charge in [0.05, 0.1) is 0 Å². The van der Waals surface area contributed by atoms with Gasteiger partial charge in [0.25, 0.3) is 5.91 Å². The zero-order chi connectivity index (χ0) is 20.5. The molecule has 13 heteroatoms. The number of carboxylic acids is 1. The minimum atomic E-state index is -4.84. The van der Waals surface area contributed by atoms with Gasteiger partial charge < -0.3 is 15.3 Å². The van der Waals surface area contributed by atoms with Gasteiger partial charge in [0.1, 0.15) is 28.2 Å². The van der Waals surface area contributed by atoms with Crippen LogP contribution in [0.1, 0.15) is 30.0 Å². The number of nitrogens with zero attached hydrogens (tertiary/aromatic N) is 3. The maximum Gasteiger partial charge on any atom is 0.436 e. The van der Waals surface area contributed by atoms with Gasteiger partial charge in [-0.3, -0.25) is 14.3 Å². The summed E-state index contributed by atoms with van der Waals surface area (Å²) in [7, 11) is 1.12. The second-order valence-electron chi connectivity index (χ2n) is 6.68. The molecule has 3 rings (SSSR count). The van der Waals surface area contributed by atoms with Crippen molar-refractivity contribution in [3.63, 3.8) is 0 Å². The Balaban J connectivity index is 1.83. The molecule has 0 unspecified atom stereocenters. The second-order valence-corrected chi connectivity index (χ2v) is 8.83. The fourth-order valence-corrected chi connectivity index (χ4v) is 5.26. The van der Waals surface area contributed by atoms with Gasteiger partial charge in [-0.15, -0.1) is 11.8 Å². The maximum atomic E-state index is 12.9. The van der Waals surface area contributed by atoms with Crippen LogP contribution in [0.2, 0.25) is 5.02 Å². The molecule has 2 aliphatic rings. The molecule has 2 aliphatic heterocycles. The van der Waals surface area contributed by atoms with Crippen molar-refractivity contribution in [2.45, 2.75) is 42.2 Å². The van der Waals surface area contributed by atoms with Gasteiger partial charge in [0, 0.05) is 11.8 Å². The predicted octanol–water partition coefficient (Wildman–Crippen LogP) is 1.34. The Kier molecular flexibility index (Phi) is 4.42.